The summed E-state index contributed by atoms with van der Waals surface area (Å²) in [6.45, 7) is 4.34. The van der Waals surface area contributed by atoms with Crippen molar-refractivity contribution in [2.75, 3.05) is 33.8 Å². The van der Waals surface area contributed by atoms with Crippen molar-refractivity contribution in [2.24, 2.45) is 0 Å². The van der Waals surface area contributed by atoms with E-state index in [0.29, 0.717) is 18.2 Å². The van der Waals surface area contributed by atoms with Crippen LogP contribution in [0, 0.1) is 6.92 Å². The van der Waals surface area contributed by atoms with Gasteiger partial charge in [0.25, 0.3) is 5.91 Å². The number of rotatable bonds is 4. The highest BCUT2D eigenvalue weighted by Crippen LogP contribution is 2.43. The van der Waals surface area contributed by atoms with E-state index in [4.69, 9.17) is 4.74 Å². The first-order valence-electron chi connectivity index (χ1n) is 10.5. The SMILES string of the molecule is COc1ccc(-n2nc(C(=O)N3CCN(C)C4(CC4)C3)nc2-c2ccc(C)cc2)cn1.Cl. The van der Waals surface area contributed by atoms with Gasteiger partial charge in [0, 0.05) is 36.8 Å². The third kappa shape index (κ3) is 3.96. The van der Waals surface area contributed by atoms with E-state index in [1.807, 2.05) is 42.2 Å². The lowest BCUT2D eigenvalue weighted by atomic mass is 10.1. The minimum absolute atomic E-state index is 0. The van der Waals surface area contributed by atoms with Crippen molar-refractivity contribution in [2.45, 2.75) is 25.3 Å². The number of halogens is 1. The van der Waals surface area contributed by atoms with E-state index in [9.17, 15) is 4.79 Å². The summed E-state index contributed by atoms with van der Waals surface area (Å²) in [5.41, 5.74) is 2.92. The number of benzene rings is 1. The fourth-order valence-electron chi connectivity index (χ4n) is 4.15. The number of pyridine rings is 1. The van der Waals surface area contributed by atoms with Crippen molar-refractivity contribution in [3.8, 4) is 23.0 Å². The number of hydrogen-bond donors (Lipinski definition) is 0. The van der Waals surface area contributed by atoms with Crippen LogP contribution in [0.1, 0.15) is 29.0 Å². The molecule has 0 bridgehead atoms. The van der Waals surface area contributed by atoms with E-state index < -0.39 is 0 Å². The van der Waals surface area contributed by atoms with Gasteiger partial charge in [0.1, 0.15) is 0 Å². The summed E-state index contributed by atoms with van der Waals surface area (Å²) in [6.07, 6.45) is 3.96. The Balaban J connectivity index is 0.00000245. The van der Waals surface area contributed by atoms with Gasteiger partial charge in [0.05, 0.1) is 19.0 Å². The molecule has 168 valence electrons. The zero-order valence-electron chi connectivity index (χ0n) is 18.5. The molecule has 0 atom stereocenters. The van der Waals surface area contributed by atoms with E-state index in [1.165, 1.54) is 0 Å². The molecule has 2 fully saturated rings. The van der Waals surface area contributed by atoms with Gasteiger partial charge in [-0.15, -0.1) is 17.5 Å². The van der Waals surface area contributed by atoms with Crippen molar-refractivity contribution >= 4 is 18.3 Å². The molecule has 1 amide bonds. The molecule has 3 aromatic rings. The summed E-state index contributed by atoms with van der Waals surface area (Å²) in [7, 11) is 3.72. The Morgan fingerprint density at radius 2 is 1.84 bits per heavy atom. The zero-order chi connectivity index (χ0) is 21.6. The molecule has 1 aromatic carbocycles. The normalized spacial score (nSPS) is 17.2. The Kier molecular flexibility index (Phi) is 5.92. The molecule has 8 nitrogen and oxygen atoms in total. The third-order valence-electron chi connectivity index (χ3n) is 6.40. The van der Waals surface area contributed by atoms with Crippen LogP contribution in [0.15, 0.2) is 42.6 Å². The average Bonchev–Trinajstić information content (AvgIpc) is 3.43. The van der Waals surface area contributed by atoms with Crippen LogP contribution in [0.25, 0.3) is 17.1 Å². The number of aryl methyl sites for hydroxylation is 1. The summed E-state index contributed by atoms with van der Waals surface area (Å²) >= 11 is 0. The van der Waals surface area contributed by atoms with E-state index in [-0.39, 0.29) is 29.7 Å². The molecule has 5 rings (SSSR count). The third-order valence-corrected chi connectivity index (χ3v) is 6.40. The highest BCUT2D eigenvalue weighted by atomic mass is 35.5. The van der Waals surface area contributed by atoms with Crippen molar-refractivity contribution < 1.29 is 9.53 Å². The van der Waals surface area contributed by atoms with Crippen LogP contribution in [0.4, 0.5) is 0 Å². The number of likely N-dealkylation sites (N-methyl/N-ethyl adjacent to an activating group) is 1. The second kappa shape index (κ2) is 8.52. The molecule has 9 heteroatoms. The molecule has 3 heterocycles. The van der Waals surface area contributed by atoms with Crippen LogP contribution in [0.3, 0.4) is 0 Å². The number of ether oxygens (including phenoxy) is 1. The number of aromatic nitrogens is 4. The molecule has 1 aliphatic carbocycles. The number of nitrogens with zero attached hydrogens (tertiary/aromatic N) is 6. The molecule has 1 saturated carbocycles. The highest BCUT2D eigenvalue weighted by Gasteiger charge is 2.50. The van der Waals surface area contributed by atoms with Crippen molar-refractivity contribution in [3.63, 3.8) is 0 Å². The van der Waals surface area contributed by atoms with E-state index >= 15 is 0 Å². The first-order valence-corrected chi connectivity index (χ1v) is 10.5. The molecule has 0 unspecified atom stereocenters. The molecule has 1 aliphatic heterocycles. The van der Waals surface area contributed by atoms with Crippen LogP contribution >= 0.6 is 12.4 Å². The summed E-state index contributed by atoms with van der Waals surface area (Å²) < 4.78 is 6.86. The molecular formula is C23H27ClN6O2. The van der Waals surface area contributed by atoms with Crippen molar-refractivity contribution in [1.29, 1.82) is 0 Å². The number of carbonyl (C=O) groups excluding carboxylic acids is 1. The summed E-state index contributed by atoms with van der Waals surface area (Å²) in [6, 6.07) is 11.7. The van der Waals surface area contributed by atoms with Crippen LogP contribution < -0.4 is 4.74 Å². The molecule has 32 heavy (non-hydrogen) atoms. The van der Waals surface area contributed by atoms with Gasteiger partial charge in [-0.05, 0) is 32.9 Å². The molecule has 0 N–H and O–H groups in total. The summed E-state index contributed by atoms with van der Waals surface area (Å²) in [4.78, 5) is 26.6. The van der Waals surface area contributed by atoms with Crippen LogP contribution in [-0.2, 0) is 0 Å². The fraction of sp³-hybridized carbons (Fsp3) is 0.391. The van der Waals surface area contributed by atoms with Gasteiger partial charge in [-0.3, -0.25) is 9.69 Å². The van der Waals surface area contributed by atoms with Gasteiger partial charge in [-0.1, -0.05) is 29.8 Å². The largest absolute Gasteiger partial charge is 0.481 e. The predicted molar refractivity (Wildman–Crippen MR) is 124 cm³/mol. The maximum Gasteiger partial charge on any atom is 0.293 e. The van der Waals surface area contributed by atoms with Gasteiger partial charge in [0.15, 0.2) is 5.82 Å². The predicted octanol–water partition coefficient (Wildman–Crippen LogP) is 2.99. The van der Waals surface area contributed by atoms with Crippen molar-refractivity contribution in [3.05, 3.63) is 54.0 Å². The van der Waals surface area contributed by atoms with Gasteiger partial charge >= 0.3 is 0 Å². The molecule has 0 radical (unpaired) electrons. The number of hydrogen-bond acceptors (Lipinski definition) is 6. The van der Waals surface area contributed by atoms with Gasteiger partial charge in [-0.2, -0.15) is 0 Å². The smallest absolute Gasteiger partial charge is 0.293 e. The number of carbonyl (C=O) groups is 1. The molecule has 1 saturated heterocycles. The lowest BCUT2D eigenvalue weighted by Crippen LogP contribution is -2.55. The minimum atomic E-state index is -0.118. The number of methoxy groups -OCH3 is 1. The van der Waals surface area contributed by atoms with Crippen molar-refractivity contribution in [1.82, 2.24) is 29.5 Å². The number of amides is 1. The maximum atomic E-state index is 13.3. The number of piperazine rings is 1. The standard InChI is InChI=1S/C23H26N6O2.ClH/c1-16-4-6-17(7-5-16)21-25-20(26-29(21)18-8-9-19(31-3)24-14-18)22(30)28-13-12-27(2)23(15-28)10-11-23;/h4-9,14H,10-13,15H2,1-3H3;1H. The van der Waals surface area contributed by atoms with Gasteiger partial charge < -0.3 is 9.64 Å². The van der Waals surface area contributed by atoms with Gasteiger partial charge in [-0.25, -0.2) is 14.6 Å². The Hall–Kier alpha value is -2.97. The molecular weight excluding hydrogens is 428 g/mol. The van der Waals surface area contributed by atoms with E-state index in [2.05, 4.69) is 27.0 Å². The monoisotopic (exact) mass is 454 g/mol. The molecule has 2 aliphatic rings. The first kappa shape index (κ1) is 22.2. The Bertz CT molecular complexity index is 1110. The second-order valence-electron chi connectivity index (χ2n) is 8.47. The Labute approximate surface area is 193 Å². The topological polar surface area (TPSA) is 76.4 Å². The zero-order valence-corrected chi connectivity index (χ0v) is 19.3. The van der Waals surface area contributed by atoms with Crippen LogP contribution in [-0.4, -0.2) is 74.8 Å². The summed E-state index contributed by atoms with van der Waals surface area (Å²) in [5, 5.41) is 4.62. The quantitative estimate of drug-likeness (QED) is 0.603. The molecule has 1 spiro atoms. The molecule has 2 aromatic heterocycles. The lowest BCUT2D eigenvalue weighted by molar-refractivity contribution is 0.0486. The van der Waals surface area contributed by atoms with E-state index in [0.717, 1.165) is 42.7 Å². The second-order valence-corrected chi connectivity index (χ2v) is 8.47. The van der Waals surface area contributed by atoms with Gasteiger partial charge in [0.2, 0.25) is 11.7 Å². The minimum Gasteiger partial charge on any atom is -0.481 e. The van der Waals surface area contributed by atoms with E-state index in [1.54, 1.807) is 24.1 Å². The average molecular weight is 455 g/mol. The Morgan fingerprint density at radius 3 is 2.47 bits per heavy atom. The van der Waals surface area contributed by atoms with Crippen LogP contribution in [0.5, 0.6) is 5.88 Å². The first-order chi connectivity index (χ1) is 15.0. The Morgan fingerprint density at radius 1 is 1.09 bits per heavy atom. The maximum absolute atomic E-state index is 13.3. The lowest BCUT2D eigenvalue weighted by Gasteiger charge is -2.39. The highest BCUT2D eigenvalue weighted by molar-refractivity contribution is 5.91. The summed E-state index contributed by atoms with van der Waals surface area (Å²) in [5.74, 6) is 1.23. The van der Waals surface area contributed by atoms with Crippen LogP contribution in [0.2, 0.25) is 0 Å². The fourth-order valence-corrected chi connectivity index (χ4v) is 4.15.